The number of urea groups is 2. The molecule has 1 aliphatic carbocycles. The van der Waals surface area contributed by atoms with Gasteiger partial charge in [-0.2, -0.15) is 9.97 Å². The Bertz CT molecular complexity index is 3070. The number of nitrogens with one attached hydrogen (secondary N) is 3. The van der Waals surface area contributed by atoms with Gasteiger partial charge in [0.1, 0.15) is 38.9 Å². The second-order valence-corrected chi connectivity index (χ2v) is 18.1. The van der Waals surface area contributed by atoms with E-state index < -0.39 is 54.4 Å². The number of hydrogen-bond donors (Lipinski definition) is 3. The number of methoxy groups -OCH3 is 4. The van der Waals surface area contributed by atoms with Crippen LogP contribution in [0, 0.1) is 17.6 Å². The molecule has 0 unspecified atom stereocenters. The molecule has 1 fully saturated rings. The minimum Gasteiger partial charge on any atom is -0.495 e. The van der Waals surface area contributed by atoms with Crippen LogP contribution in [-0.4, -0.2) is 91.6 Å². The number of halogens is 6. The average Bonchev–Trinajstić information content (AvgIpc) is 4.39. The number of para-hydroxylation sites is 3. The Morgan fingerprint density at radius 3 is 1.72 bits per heavy atom. The minimum absolute atomic E-state index is 0.0453. The van der Waals surface area contributed by atoms with Crippen LogP contribution in [0.25, 0.3) is 0 Å². The molecule has 1 saturated carbocycles. The molecule has 19 nitrogen and oxygen atoms in total. The van der Waals surface area contributed by atoms with Crippen molar-refractivity contribution < 1.29 is 55.7 Å². The van der Waals surface area contributed by atoms with Crippen LogP contribution >= 0.6 is 23.2 Å². The molecule has 3 aliphatic rings. The fourth-order valence-electron chi connectivity index (χ4n) is 8.33. The Kier molecular flexibility index (Phi) is 17.2. The summed E-state index contributed by atoms with van der Waals surface area (Å²) in [5.41, 5.74) is 2.53. The lowest BCUT2D eigenvalue weighted by atomic mass is 10.1. The highest BCUT2D eigenvalue weighted by Gasteiger charge is 2.41. The summed E-state index contributed by atoms with van der Waals surface area (Å²) in [5.74, 6) is -2.22. The number of aromatic nitrogens is 4. The number of benzene rings is 4. The van der Waals surface area contributed by atoms with Crippen LogP contribution in [0.1, 0.15) is 29.5 Å². The number of anilines is 9. The lowest BCUT2D eigenvalue weighted by molar-refractivity contribution is -0.114. The van der Waals surface area contributed by atoms with E-state index in [0.717, 1.165) is 33.1 Å². The molecule has 0 atom stereocenters. The van der Waals surface area contributed by atoms with Crippen LogP contribution in [0.2, 0.25) is 10.0 Å². The van der Waals surface area contributed by atoms with E-state index in [1.54, 1.807) is 59.6 Å². The first kappa shape index (κ1) is 55.5. The smallest absolute Gasteiger partial charge is 0.330 e. The average molecular weight is 1110 g/mol. The zero-order chi connectivity index (χ0) is 55.9. The van der Waals surface area contributed by atoms with Gasteiger partial charge >= 0.3 is 12.1 Å². The fourth-order valence-corrected chi connectivity index (χ4v) is 9.04. The number of alkyl halides is 2. The first-order valence-corrected chi connectivity index (χ1v) is 24.5. The molecule has 5 amide bonds. The van der Waals surface area contributed by atoms with Crippen molar-refractivity contribution in [3.63, 3.8) is 0 Å². The summed E-state index contributed by atoms with van der Waals surface area (Å²) >= 11 is 13.3. The van der Waals surface area contributed by atoms with Crippen LogP contribution in [0.4, 0.5) is 79.1 Å². The van der Waals surface area contributed by atoms with Gasteiger partial charge in [0, 0.05) is 54.3 Å². The molecule has 3 N–H and O–H groups in total. The van der Waals surface area contributed by atoms with E-state index in [9.17, 15) is 28.0 Å². The third-order valence-electron chi connectivity index (χ3n) is 12.3. The van der Waals surface area contributed by atoms with Gasteiger partial charge in [0.25, 0.3) is 6.43 Å². The molecular weight excluding hydrogens is 1070 g/mol. The van der Waals surface area contributed by atoms with Gasteiger partial charge in [-0.15, -0.1) is 0 Å². The molecule has 0 bridgehead atoms. The van der Waals surface area contributed by atoms with E-state index in [-0.39, 0.29) is 64.0 Å². The topological polar surface area (TPSA) is 206 Å². The third kappa shape index (κ3) is 11.8. The van der Waals surface area contributed by atoms with Gasteiger partial charge < -0.3 is 34.9 Å². The number of amides is 5. The predicted octanol–water partition coefficient (Wildman–Crippen LogP) is 11.1. The van der Waals surface area contributed by atoms with Crippen molar-refractivity contribution in [2.45, 2.75) is 38.8 Å². The van der Waals surface area contributed by atoms with Crippen molar-refractivity contribution >= 4 is 98.9 Å². The van der Waals surface area contributed by atoms with Gasteiger partial charge in [-0.05, 0) is 54.7 Å². The quantitative estimate of drug-likeness (QED) is 0.0510. The van der Waals surface area contributed by atoms with Crippen molar-refractivity contribution in [3.05, 3.63) is 137 Å². The second kappa shape index (κ2) is 24.1. The monoisotopic (exact) mass is 1110 g/mol. The Morgan fingerprint density at radius 2 is 1.19 bits per heavy atom. The van der Waals surface area contributed by atoms with Gasteiger partial charge in [0.2, 0.25) is 17.8 Å². The van der Waals surface area contributed by atoms with Crippen molar-refractivity contribution in [2.24, 2.45) is 5.92 Å². The molecule has 6 aromatic rings. The molecule has 406 valence electrons. The van der Waals surface area contributed by atoms with E-state index in [1.807, 2.05) is 6.07 Å². The molecule has 0 saturated heterocycles. The van der Waals surface area contributed by atoms with E-state index in [4.69, 9.17) is 47.1 Å². The van der Waals surface area contributed by atoms with Crippen molar-refractivity contribution in [3.8, 4) is 23.0 Å². The lowest BCUT2D eigenvalue weighted by Gasteiger charge is -2.37. The van der Waals surface area contributed by atoms with E-state index in [0.29, 0.717) is 73.5 Å². The van der Waals surface area contributed by atoms with Crippen LogP contribution in [0.3, 0.4) is 0 Å². The lowest BCUT2D eigenvalue weighted by Crippen LogP contribution is -2.50. The first-order chi connectivity index (χ1) is 37.5. The number of nitrogens with zero attached hydrogens (tertiary/aromatic N) is 8. The number of ether oxygens (including phenoxy) is 4. The number of ketones is 1. The summed E-state index contributed by atoms with van der Waals surface area (Å²) in [4.78, 5) is 73.1. The van der Waals surface area contributed by atoms with Gasteiger partial charge in [-0.25, -0.2) is 37.1 Å². The molecule has 2 aliphatic heterocycles. The molecule has 4 aromatic carbocycles. The highest BCUT2D eigenvalue weighted by molar-refractivity contribution is 6.42. The number of carbonyl (C=O) groups is 4. The third-order valence-corrected chi connectivity index (χ3v) is 13.1. The molecule has 9 rings (SSSR count). The Hall–Kier alpha value is -8.70. The second-order valence-electron chi connectivity index (χ2n) is 17.4. The standard InChI is InChI=1S/C27H26Cl2N6O4.C26H23F4N5O4/c1-4-21(36)31-17-7-5-6-8-18(17)32-26-30-12-16-14-34(27(37)35(25(16)33-26)13-15-9-10-15)24-22(28)19(38-2)11-20(39-3)23(24)29;1-4-16(36)9-14-7-5-6-8-17(14)32-25-31-11-15-12-34(26(37)35(13-20(27)28)24(15)33-25)23-21(29)18(38-2)10-19(39-3)22(23)30/h4-8,11-12,15H,1,9-10,13-14H2,2-3H3,(H,31,36)(H,30,32,33);4-8,10-11,20H,1,9,12-13H2,2-3H3,(H,31,32,33). The predicted molar refractivity (Wildman–Crippen MR) is 287 cm³/mol. The summed E-state index contributed by atoms with van der Waals surface area (Å²) in [5, 5.41) is 9.23. The minimum atomic E-state index is -2.99. The number of hydrogen-bond acceptors (Lipinski definition) is 14. The molecule has 4 heterocycles. The Balaban J connectivity index is 0.000000206. The largest absolute Gasteiger partial charge is 0.495 e. The number of carbonyl (C=O) groups excluding carboxylic acids is 4. The highest BCUT2D eigenvalue weighted by atomic mass is 35.5. The Morgan fingerprint density at radius 1 is 0.705 bits per heavy atom. The maximum atomic E-state index is 15.2. The number of allylic oxidation sites excluding steroid dienone is 1. The number of rotatable bonds is 19. The van der Waals surface area contributed by atoms with Crippen LogP contribution in [0.15, 0.2) is 98.4 Å². The molecule has 25 heteroatoms. The SMILES string of the molecule is C=CC(=O)Cc1ccccc1Nc1ncc2c(n1)N(CC(F)F)C(=O)N(c1c(F)c(OC)cc(OC)c1F)C2.C=CC(=O)Nc1ccccc1Nc1ncc2c(n1)N(CC1CC1)C(=O)N(c1c(Cl)c(OC)cc(OC)c1Cl)C2. The summed E-state index contributed by atoms with van der Waals surface area (Å²) in [6, 6.07) is 15.0. The molecule has 0 radical (unpaired) electrons. The van der Waals surface area contributed by atoms with Gasteiger partial charge in [0.15, 0.2) is 28.9 Å². The van der Waals surface area contributed by atoms with E-state index in [1.165, 1.54) is 37.5 Å². The maximum Gasteiger partial charge on any atom is 0.330 e. The normalized spacial score (nSPS) is 13.7. The maximum absolute atomic E-state index is 15.2. The summed E-state index contributed by atoms with van der Waals surface area (Å²) < 4.78 is 78.2. The van der Waals surface area contributed by atoms with Crippen molar-refractivity contribution in [1.82, 2.24) is 19.9 Å². The Labute approximate surface area is 454 Å². The molecule has 2 aromatic heterocycles. The summed E-state index contributed by atoms with van der Waals surface area (Å²) in [6.07, 6.45) is 4.41. The zero-order valence-corrected chi connectivity index (χ0v) is 43.7. The molecule has 0 spiro atoms. The fraction of sp³-hybridized carbons (Fsp3) is 0.245. The van der Waals surface area contributed by atoms with Crippen molar-refractivity contribution in [1.29, 1.82) is 0 Å². The van der Waals surface area contributed by atoms with Crippen LogP contribution < -0.4 is 54.5 Å². The molecular formula is C53H49Cl2F4N11O8. The van der Waals surface area contributed by atoms with E-state index >= 15 is 8.78 Å². The van der Waals surface area contributed by atoms with E-state index in [2.05, 4.69) is 44.1 Å². The van der Waals surface area contributed by atoms with Crippen LogP contribution in [0.5, 0.6) is 23.0 Å². The first-order valence-electron chi connectivity index (χ1n) is 23.7. The van der Waals surface area contributed by atoms with Crippen molar-refractivity contribution in [2.75, 3.05) is 77.1 Å². The van der Waals surface area contributed by atoms with Gasteiger partial charge in [-0.1, -0.05) is 66.7 Å². The summed E-state index contributed by atoms with van der Waals surface area (Å²) in [6.45, 7) is 6.04. The van der Waals surface area contributed by atoms with Gasteiger partial charge in [0.05, 0.1) is 65.1 Å². The zero-order valence-electron chi connectivity index (χ0n) is 42.2. The molecule has 78 heavy (non-hydrogen) atoms. The number of fused-ring (bicyclic) bond motifs is 2. The van der Waals surface area contributed by atoms with Crippen LogP contribution in [-0.2, 0) is 29.1 Å². The van der Waals surface area contributed by atoms with Gasteiger partial charge in [-0.3, -0.25) is 29.2 Å². The highest BCUT2D eigenvalue weighted by Crippen LogP contribution is 2.49. The summed E-state index contributed by atoms with van der Waals surface area (Å²) in [7, 11) is 5.25.